The number of hydrogen-bond acceptors (Lipinski definition) is 3. The highest BCUT2D eigenvalue weighted by atomic mass is 19.1. The van der Waals surface area contributed by atoms with Gasteiger partial charge in [0.2, 0.25) is 0 Å². The van der Waals surface area contributed by atoms with Gasteiger partial charge in [0.15, 0.2) is 0 Å². The molecule has 3 rings (SSSR count). The largest absolute Gasteiger partial charge is 0.314 e. The van der Waals surface area contributed by atoms with Crippen molar-refractivity contribution in [2.45, 2.75) is 25.4 Å². The molecule has 0 aliphatic carbocycles. The van der Waals surface area contributed by atoms with E-state index in [1.807, 2.05) is 12.1 Å². The lowest BCUT2D eigenvalue weighted by atomic mass is 10.0. The first-order valence-corrected chi connectivity index (χ1v) is 7.72. The van der Waals surface area contributed by atoms with Gasteiger partial charge in [-0.3, -0.25) is 9.80 Å². The molecule has 1 unspecified atom stereocenters. The van der Waals surface area contributed by atoms with Gasteiger partial charge in [-0.05, 0) is 24.1 Å². The molecule has 2 saturated heterocycles. The summed E-state index contributed by atoms with van der Waals surface area (Å²) >= 11 is 0. The number of nitrogens with zero attached hydrogens (tertiary/aromatic N) is 2. The van der Waals surface area contributed by atoms with Crippen molar-refractivity contribution in [3.63, 3.8) is 0 Å². The summed E-state index contributed by atoms with van der Waals surface area (Å²) in [6.45, 7) is 9.06. The van der Waals surface area contributed by atoms with E-state index in [0.717, 1.165) is 51.7 Å². The minimum absolute atomic E-state index is 0.147. The van der Waals surface area contributed by atoms with Crippen LogP contribution in [0.3, 0.4) is 0 Å². The highest BCUT2D eigenvalue weighted by molar-refractivity contribution is 5.20. The summed E-state index contributed by atoms with van der Waals surface area (Å²) in [5.41, 5.74) is 1.24. The van der Waals surface area contributed by atoms with E-state index in [1.165, 1.54) is 5.56 Å². The third kappa shape index (κ3) is 2.87. The Morgan fingerprint density at radius 1 is 1.15 bits per heavy atom. The molecule has 2 aliphatic heterocycles. The zero-order chi connectivity index (χ0) is 13.9. The fraction of sp³-hybridized carbons (Fsp3) is 0.625. The van der Waals surface area contributed by atoms with Crippen LogP contribution in [-0.4, -0.2) is 55.1 Å². The molecule has 4 heteroatoms. The van der Waals surface area contributed by atoms with E-state index in [1.54, 1.807) is 12.1 Å². The minimum Gasteiger partial charge on any atom is -0.314 e. The zero-order valence-electron chi connectivity index (χ0n) is 12.2. The van der Waals surface area contributed by atoms with Gasteiger partial charge in [-0.1, -0.05) is 19.1 Å². The van der Waals surface area contributed by atoms with Gasteiger partial charge < -0.3 is 5.32 Å². The number of rotatable bonds is 4. The van der Waals surface area contributed by atoms with Crippen LogP contribution in [0.15, 0.2) is 24.3 Å². The van der Waals surface area contributed by atoms with Crippen LogP contribution in [0.5, 0.6) is 0 Å². The smallest absolute Gasteiger partial charge is 0.123 e. The van der Waals surface area contributed by atoms with Crippen LogP contribution in [0.2, 0.25) is 0 Å². The molecule has 2 fully saturated rings. The Balaban J connectivity index is 1.61. The highest BCUT2D eigenvalue weighted by Gasteiger charge is 2.30. The van der Waals surface area contributed by atoms with Gasteiger partial charge >= 0.3 is 0 Å². The summed E-state index contributed by atoms with van der Waals surface area (Å²) in [6.07, 6.45) is 1.08. The number of halogens is 1. The zero-order valence-corrected chi connectivity index (χ0v) is 12.2. The number of hydrogen-bond donors (Lipinski definition) is 1. The molecule has 0 aromatic heterocycles. The predicted octanol–water partition coefficient (Wildman–Crippen LogP) is 1.87. The van der Waals surface area contributed by atoms with Crippen molar-refractivity contribution in [1.29, 1.82) is 0 Å². The molecule has 0 radical (unpaired) electrons. The van der Waals surface area contributed by atoms with Crippen LogP contribution in [0.25, 0.3) is 0 Å². The monoisotopic (exact) mass is 277 g/mol. The Hall–Kier alpha value is -0.970. The van der Waals surface area contributed by atoms with E-state index in [9.17, 15) is 4.39 Å². The Morgan fingerprint density at radius 2 is 1.80 bits per heavy atom. The average Bonchev–Trinajstić information content (AvgIpc) is 2.42. The van der Waals surface area contributed by atoms with Gasteiger partial charge in [0, 0.05) is 51.4 Å². The first-order chi connectivity index (χ1) is 9.78. The van der Waals surface area contributed by atoms with Crippen molar-refractivity contribution >= 4 is 0 Å². The maximum Gasteiger partial charge on any atom is 0.123 e. The van der Waals surface area contributed by atoms with E-state index in [0.29, 0.717) is 6.04 Å². The SMILES string of the molecule is CCC(c1ccc(F)cc1)N1CCN(C2CNC2)CC1. The van der Waals surface area contributed by atoms with Gasteiger partial charge in [-0.2, -0.15) is 0 Å². The van der Waals surface area contributed by atoms with E-state index in [4.69, 9.17) is 0 Å². The van der Waals surface area contributed by atoms with Gasteiger partial charge in [0.1, 0.15) is 5.82 Å². The maximum atomic E-state index is 13.1. The first kappa shape index (κ1) is 14.0. The highest BCUT2D eigenvalue weighted by Crippen LogP contribution is 2.26. The molecule has 2 aliphatic rings. The van der Waals surface area contributed by atoms with Crippen molar-refractivity contribution in [2.75, 3.05) is 39.3 Å². The Labute approximate surface area is 120 Å². The fourth-order valence-electron chi connectivity index (χ4n) is 3.34. The molecule has 0 spiro atoms. The van der Waals surface area contributed by atoms with Crippen molar-refractivity contribution in [1.82, 2.24) is 15.1 Å². The fourth-order valence-corrected chi connectivity index (χ4v) is 3.34. The van der Waals surface area contributed by atoms with Gasteiger partial charge in [0.05, 0.1) is 0 Å². The molecule has 0 saturated carbocycles. The van der Waals surface area contributed by atoms with Gasteiger partial charge in [0.25, 0.3) is 0 Å². The van der Waals surface area contributed by atoms with Crippen LogP contribution < -0.4 is 5.32 Å². The van der Waals surface area contributed by atoms with E-state index in [2.05, 4.69) is 22.0 Å². The lowest BCUT2D eigenvalue weighted by molar-refractivity contribution is 0.0502. The summed E-state index contributed by atoms with van der Waals surface area (Å²) in [4.78, 5) is 5.15. The van der Waals surface area contributed by atoms with Crippen molar-refractivity contribution in [3.8, 4) is 0 Å². The standard InChI is InChI=1S/C16H24FN3/c1-2-16(13-3-5-14(17)6-4-13)20-9-7-19(8-10-20)15-11-18-12-15/h3-6,15-16,18H,2,7-12H2,1H3. The molecule has 1 aromatic rings. The Morgan fingerprint density at radius 3 is 2.30 bits per heavy atom. The summed E-state index contributed by atoms with van der Waals surface area (Å²) in [5.74, 6) is -0.147. The first-order valence-electron chi connectivity index (χ1n) is 7.72. The van der Waals surface area contributed by atoms with E-state index in [-0.39, 0.29) is 5.82 Å². The van der Waals surface area contributed by atoms with Crippen LogP contribution >= 0.6 is 0 Å². The quantitative estimate of drug-likeness (QED) is 0.906. The maximum absolute atomic E-state index is 13.1. The lowest BCUT2D eigenvalue weighted by Crippen LogP contribution is -2.61. The van der Waals surface area contributed by atoms with Crippen molar-refractivity contribution in [2.24, 2.45) is 0 Å². The molecular formula is C16H24FN3. The van der Waals surface area contributed by atoms with E-state index >= 15 is 0 Å². The van der Waals surface area contributed by atoms with Crippen LogP contribution in [0.4, 0.5) is 4.39 Å². The normalized spacial score (nSPS) is 23.5. The molecule has 1 aromatic carbocycles. The molecule has 0 bridgehead atoms. The third-order valence-electron chi connectivity index (χ3n) is 4.71. The molecule has 110 valence electrons. The van der Waals surface area contributed by atoms with Gasteiger partial charge in [-0.25, -0.2) is 4.39 Å². The van der Waals surface area contributed by atoms with Crippen LogP contribution in [0, 0.1) is 5.82 Å². The second-order valence-electron chi connectivity index (χ2n) is 5.86. The molecular weight excluding hydrogens is 253 g/mol. The summed E-state index contributed by atoms with van der Waals surface area (Å²) in [6, 6.07) is 8.21. The molecule has 20 heavy (non-hydrogen) atoms. The number of nitrogens with one attached hydrogen (secondary N) is 1. The van der Waals surface area contributed by atoms with Crippen LogP contribution in [-0.2, 0) is 0 Å². The average molecular weight is 277 g/mol. The van der Waals surface area contributed by atoms with Gasteiger partial charge in [-0.15, -0.1) is 0 Å². The van der Waals surface area contributed by atoms with Crippen molar-refractivity contribution in [3.05, 3.63) is 35.6 Å². The topological polar surface area (TPSA) is 18.5 Å². The lowest BCUT2D eigenvalue weighted by Gasteiger charge is -2.45. The number of piperazine rings is 1. The molecule has 0 amide bonds. The minimum atomic E-state index is -0.147. The van der Waals surface area contributed by atoms with E-state index < -0.39 is 0 Å². The van der Waals surface area contributed by atoms with Crippen molar-refractivity contribution < 1.29 is 4.39 Å². The predicted molar refractivity (Wildman–Crippen MR) is 79.2 cm³/mol. The number of benzene rings is 1. The molecule has 2 heterocycles. The Kier molecular flexibility index (Phi) is 4.34. The Bertz CT molecular complexity index is 422. The third-order valence-corrected chi connectivity index (χ3v) is 4.71. The summed E-state index contributed by atoms with van der Waals surface area (Å²) in [5, 5.41) is 3.34. The molecule has 1 atom stereocenters. The second-order valence-corrected chi connectivity index (χ2v) is 5.86. The molecule has 3 nitrogen and oxygen atoms in total. The summed E-state index contributed by atoms with van der Waals surface area (Å²) in [7, 11) is 0. The second kappa shape index (κ2) is 6.20. The summed E-state index contributed by atoms with van der Waals surface area (Å²) < 4.78 is 13.1. The van der Waals surface area contributed by atoms with Crippen LogP contribution in [0.1, 0.15) is 24.9 Å². The molecule has 1 N–H and O–H groups in total.